The van der Waals surface area contributed by atoms with Crippen molar-refractivity contribution in [3.05, 3.63) is 0 Å². The van der Waals surface area contributed by atoms with Crippen molar-refractivity contribution < 1.29 is 0 Å². The number of hydrogen-bond acceptors (Lipinski definition) is 3. The molecule has 0 radical (unpaired) electrons. The summed E-state index contributed by atoms with van der Waals surface area (Å²) >= 11 is 0. The van der Waals surface area contributed by atoms with Gasteiger partial charge >= 0.3 is 0 Å². The third kappa shape index (κ3) is 3.38. The van der Waals surface area contributed by atoms with E-state index in [1.165, 1.54) is 0 Å². The standard InChI is InChI=1S/C7H15N3/c1-3-4-7(9)6(2)10-5-8/h6-8H,3-4,9H2,1-2H3. The van der Waals surface area contributed by atoms with E-state index in [1.807, 2.05) is 12.9 Å². The highest BCUT2D eigenvalue weighted by Gasteiger charge is 2.08. The first-order valence-corrected chi connectivity index (χ1v) is 3.59. The predicted molar refractivity (Wildman–Crippen MR) is 42.5 cm³/mol. The van der Waals surface area contributed by atoms with Crippen LogP contribution in [0.5, 0.6) is 0 Å². The van der Waals surface area contributed by atoms with Crippen molar-refractivity contribution in [1.29, 1.82) is 5.41 Å². The fourth-order valence-electron chi connectivity index (χ4n) is 0.772. The molecule has 0 bridgehead atoms. The van der Waals surface area contributed by atoms with Crippen LogP contribution in [0.2, 0.25) is 0 Å². The van der Waals surface area contributed by atoms with Gasteiger partial charge in [0, 0.05) is 6.04 Å². The third-order valence-electron chi connectivity index (χ3n) is 1.51. The maximum atomic E-state index is 6.59. The van der Waals surface area contributed by atoms with Gasteiger partial charge in [-0.25, -0.2) is 10.4 Å². The van der Waals surface area contributed by atoms with Gasteiger partial charge in [-0.3, -0.25) is 0 Å². The third-order valence-corrected chi connectivity index (χ3v) is 1.51. The van der Waals surface area contributed by atoms with E-state index in [2.05, 4.69) is 11.9 Å². The molecule has 2 atom stereocenters. The first-order valence-electron chi connectivity index (χ1n) is 3.59. The van der Waals surface area contributed by atoms with Crippen molar-refractivity contribution in [2.24, 2.45) is 10.7 Å². The number of rotatable bonds is 4. The molecule has 0 heterocycles. The van der Waals surface area contributed by atoms with Gasteiger partial charge in [-0.2, -0.15) is 0 Å². The number of nitrogens with zero attached hydrogens (tertiary/aromatic N) is 1. The van der Waals surface area contributed by atoms with Crippen LogP contribution in [0.15, 0.2) is 4.99 Å². The molecule has 0 aromatic heterocycles. The summed E-state index contributed by atoms with van der Waals surface area (Å²) in [5, 5.41) is 6.59. The monoisotopic (exact) mass is 141 g/mol. The fourth-order valence-corrected chi connectivity index (χ4v) is 0.772. The number of nitrogens with two attached hydrogens (primary N) is 1. The summed E-state index contributed by atoms with van der Waals surface area (Å²) in [6.45, 7) is 3.99. The normalized spacial score (nSPS) is 15.5. The number of aliphatic imine (C=N–C) groups is 1. The van der Waals surface area contributed by atoms with Crippen LogP contribution in [0, 0.1) is 5.41 Å². The van der Waals surface area contributed by atoms with Gasteiger partial charge in [-0.05, 0) is 13.3 Å². The highest BCUT2D eigenvalue weighted by atomic mass is 14.8. The highest BCUT2D eigenvalue weighted by molar-refractivity contribution is 5.36. The van der Waals surface area contributed by atoms with Gasteiger partial charge in [-0.1, -0.05) is 13.3 Å². The molecule has 0 fully saturated rings. The molecule has 3 N–H and O–H groups in total. The minimum atomic E-state index is 0.0393. The van der Waals surface area contributed by atoms with Crippen molar-refractivity contribution in [1.82, 2.24) is 0 Å². The van der Waals surface area contributed by atoms with Crippen LogP contribution >= 0.6 is 0 Å². The lowest BCUT2D eigenvalue weighted by atomic mass is 10.1. The molecular weight excluding hydrogens is 126 g/mol. The lowest BCUT2D eigenvalue weighted by Gasteiger charge is -2.12. The predicted octanol–water partition coefficient (Wildman–Crippen LogP) is 1.25. The zero-order valence-corrected chi connectivity index (χ0v) is 6.59. The molecule has 0 aromatic carbocycles. The van der Waals surface area contributed by atoms with Gasteiger partial charge in [0.05, 0.1) is 12.1 Å². The molecule has 2 unspecified atom stereocenters. The molecule has 3 heteroatoms. The summed E-state index contributed by atoms with van der Waals surface area (Å²) in [4.78, 5) is 3.73. The van der Waals surface area contributed by atoms with E-state index in [0.717, 1.165) is 12.8 Å². The SMILES string of the molecule is CCCC(N)C(C)N=C=N. The second kappa shape index (κ2) is 5.15. The van der Waals surface area contributed by atoms with Gasteiger partial charge in [0.2, 0.25) is 0 Å². The van der Waals surface area contributed by atoms with Crippen molar-refractivity contribution in [3.63, 3.8) is 0 Å². The quantitative estimate of drug-likeness (QED) is 0.569. The zero-order chi connectivity index (χ0) is 7.98. The van der Waals surface area contributed by atoms with Gasteiger partial charge in [0.1, 0.15) is 0 Å². The Morgan fingerprint density at radius 1 is 1.70 bits per heavy atom. The van der Waals surface area contributed by atoms with E-state index in [-0.39, 0.29) is 12.1 Å². The first kappa shape index (κ1) is 9.34. The smallest absolute Gasteiger partial charge is 0.0865 e. The van der Waals surface area contributed by atoms with Crippen LogP contribution in [-0.4, -0.2) is 18.1 Å². The molecule has 58 valence electrons. The van der Waals surface area contributed by atoms with Crippen LogP contribution in [-0.2, 0) is 0 Å². The second-order valence-electron chi connectivity index (χ2n) is 2.43. The Morgan fingerprint density at radius 2 is 2.30 bits per heavy atom. The topological polar surface area (TPSA) is 62.2 Å². The number of hydrogen-bond donors (Lipinski definition) is 2. The van der Waals surface area contributed by atoms with Crippen LogP contribution in [0.25, 0.3) is 0 Å². The zero-order valence-electron chi connectivity index (χ0n) is 6.59. The maximum absolute atomic E-state index is 6.59. The average Bonchev–Trinajstić information content (AvgIpc) is 1.89. The van der Waals surface area contributed by atoms with Gasteiger partial charge in [0.25, 0.3) is 0 Å². The van der Waals surface area contributed by atoms with E-state index in [1.54, 1.807) is 0 Å². The van der Waals surface area contributed by atoms with Crippen LogP contribution in [0.3, 0.4) is 0 Å². The summed E-state index contributed by atoms with van der Waals surface area (Å²) in [5.41, 5.74) is 5.70. The Bertz CT molecular complexity index is 127. The molecule has 0 aliphatic carbocycles. The Balaban J connectivity index is 3.69. The Kier molecular flexibility index (Phi) is 4.81. The largest absolute Gasteiger partial charge is 0.326 e. The summed E-state index contributed by atoms with van der Waals surface area (Å²) in [6.07, 6.45) is 2.03. The maximum Gasteiger partial charge on any atom is 0.0865 e. The summed E-state index contributed by atoms with van der Waals surface area (Å²) in [5.74, 6) is 0. The molecule has 10 heavy (non-hydrogen) atoms. The second-order valence-corrected chi connectivity index (χ2v) is 2.43. The molecule has 0 amide bonds. The van der Waals surface area contributed by atoms with E-state index in [4.69, 9.17) is 11.1 Å². The van der Waals surface area contributed by atoms with Crippen molar-refractivity contribution in [3.8, 4) is 0 Å². The molecule has 0 aliphatic heterocycles. The molecular formula is C7H15N3. The summed E-state index contributed by atoms with van der Waals surface area (Å²) in [6, 6.07) is 2.13. The minimum absolute atomic E-state index is 0.0393. The highest BCUT2D eigenvalue weighted by Crippen LogP contribution is 2.01. The molecule has 0 rings (SSSR count). The lowest BCUT2D eigenvalue weighted by Crippen LogP contribution is -2.30. The average molecular weight is 141 g/mol. The van der Waals surface area contributed by atoms with Gasteiger partial charge in [0.15, 0.2) is 0 Å². The summed E-state index contributed by atoms with van der Waals surface area (Å²) < 4.78 is 0. The Hall–Kier alpha value is -0.660. The molecule has 0 aromatic rings. The number of nitrogens with one attached hydrogen (secondary N) is 1. The van der Waals surface area contributed by atoms with Crippen molar-refractivity contribution in [2.75, 3.05) is 0 Å². The van der Waals surface area contributed by atoms with Crippen molar-refractivity contribution >= 4 is 6.01 Å². The van der Waals surface area contributed by atoms with Crippen LogP contribution in [0.1, 0.15) is 26.7 Å². The molecule has 3 nitrogen and oxygen atoms in total. The van der Waals surface area contributed by atoms with E-state index in [9.17, 15) is 0 Å². The molecule has 0 saturated heterocycles. The summed E-state index contributed by atoms with van der Waals surface area (Å²) in [7, 11) is 0. The Labute approximate surface area is 61.8 Å². The van der Waals surface area contributed by atoms with Gasteiger partial charge in [-0.15, -0.1) is 0 Å². The minimum Gasteiger partial charge on any atom is -0.326 e. The van der Waals surface area contributed by atoms with Crippen molar-refractivity contribution in [2.45, 2.75) is 38.8 Å². The Morgan fingerprint density at radius 3 is 2.70 bits per heavy atom. The lowest BCUT2D eigenvalue weighted by molar-refractivity contribution is 0.521. The fraction of sp³-hybridized carbons (Fsp3) is 0.857. The molecule has 0 saturated carbocycles. The van der Waals surface area contributed by atoms with E-state index >= 15 is 0 Å². The van der Waals surface area contributed by atoms with Gasteiger partial charge < -0.3 is 5.73 Å². The molecule has 0 aliphatic rings. The van der Waals surface area contributed by atoms with Crippen LogP contribution in [0.4, 0.5) is 0 Å². The van der Waals surface area contributed by atoms with E-state index < -0.39 is 0 Å². The van der Waals surface area contributed by atoms with E-state index in [0.29, 0.717) is 0 Å². The first-order chi connectivity index (χ1) is 4.72. The molecule has 0 spiro atoms. The van der Waals surface area contributed by atoms with Crippen LogP contribution < -0.4 is 5.73 Å².